The normalized spacial score (nSPS) is 11.4. The minimum absolute atomic E-state index is 0.0531. The highest BCUT2D eigenvalue weighted by Crippen LogP contribution is 2.31. The number of benzene rings is 2. The van der Waals surface area contributed by atoms with Gasteiger partial charge < -0.3 is 10.2 Å². The predicted octanol–water partition coefficient (Wildman–Crippen LogP) is 2.54. The largest absolute Gasteiger partial charge is 0.478 e. The molecule has 132 valence electrons. The summed E-state index contributed by atoms with van der Waals surface area (Å²) in [5.41, 5.74) is -0.745. The molecular weight excluding hydrogens is 362 g/mol. The number of nitrogens with zero attached hydrogens (tertiary/aromatic N) is 1. The van der Waals surface area contributed by atoms with Crippen LogP contribution in [-0.2, 0) is 10.1 Å². The number of rotatable bonds is 4. The van der Waals surface area contributed by atoms with Crippen molar-refractivity contribution >= 4 is 33.0 Å². The highest BCUT2D eigenvalue weighted by Gasteiger charge is 2.26. The van der Waals surface area contributed by atoms with Crippen LogP contribution in [0.4, 0.5) is 0 Å². The van der Waals surface area contributed by atoms with Gasteiger partial charge in [-0.1, -0.05) is 30.3 Å². The molecule has 0 amide bonds. The van der Waals surface area contributed by atoms with Crippen LogP contribution in [0.25, 0.3) is 22.2 Å². The van der Waals surface area contributed by atoms with E-state index in [1.54, 1.807) is 30.3 Å². The van der Waals surface area contributed by atoms with Crippen LogP contribution in [0.1, 0.15) is 20.7 Å². The fourth-order valence-corrected chi connectivity index (χ4v) is 3.14. The van der Waals surface area contributed by atoms with Crippen LogP contribution < -0.4 is 0 Å². The molecule has 0 atom stereocenters. The number of carbonyl (C=O) groups is 2. The second kappa shape index (κ2) is 6.21. The Hall–Kier alpha value is -3.30. The van der Waals surface area contributed by atoms with Crippen molar-refractivity contribution in [3.63, 3.8) is 0 Å². The maximum absolute atomic E-state index is 11.8. The summed E-state index contributed by atoms with van der Waals surface area (Å²) in [5.74, 6) is -3.08. The summed E-state index contributed by atoms with van der Waals surface area (Å²) < 4.78 is 31.8. The molecule has 0 bridgehead atoms. The van der Waals surface area contributed by atoms with E-state index in [0.717, 1.165) is 12.1 Å². The van der Waals surface area contributed by atoms with Crippen LogP contribution in [-0.4, -0.2) is 40.1 Å². The van der Waals surface area contributed by atoms with Crippen molar-refractivity contribution in [1.82, 2.24) is 4.98 Å². The van der Waals surface area contributed by atoms with E-state index in [-0.39, 0.29) is 16.6 Å². The fourth-order valence-electron chi connectivity index (χ4n) is 2.64. The molecule has 0 radical (unpaired) electrons. The zero-order valence-corrected chi connectivity index (χ0v) is 13.8. The van der Waals surface area contributed by atoms with Crippen molar-refractivity contribution < 1.29 is 32.8 Å². The van der Waals surface area contributed by atoms with E-state index in [0.29, 0.717) is 5.56 Å². The first kappa shape index (κ1) is 17.5. The predicted molar refractivity (Wildman–Crippen MR) is 90.9 cm³/mol. The van der Waals surface area contributed by atoms with Crippen molar-refractivity contribution in [2.24, 2.45) is 0 Å². The SMILES string of the molecule is O=C(O)c1c(-c2ccccc2)nc2ccc(S(=O)(=O)O)cc2c1C(=O)O. The van der Waals surface area contributed by atoms with Gasteiger partial charge in [0.2, 0.25) is 0 Å². The first-order valence-corrected chi connectivity index (χ1v) is 8.61. The van der Waals surface area contributed by atoms with Crippen LogP contribution in [0.2, 0.25) is 0 Å². The summed E-state index contributed by atoms with van der Waals surface area (Å²) in [6, 6.07) is 11.3. The minimum Gasteiger partial charge on any atom is -0.478 e. The summed E-state index contributed by atoms with van der Waals surface area (Å²) in [6.07, 6.45) is 0. The van der Waals surface area contributed by atoms with E-state index in [2.05, 4.69) is 4.98 Å². The number of hydrogen-bond acceptors (Lipinski definition) is 5. The van der Waals surface area contributed by atoms with Crippen LogP contribution in [0, 0.1) is 0 Å². The van der Waals surface area contributed by atoms with Gasteiger partial charge >= 0.3 is 11.9 Å². The number of aromatic carboxylic acids is 2. The molecule has 0 unspecified atom stereocenters. The average Bonchev–Trinajstić information content (AvgIpc) is 2.59. The van der Waals surface area contributed by atoms with E-state index in [1.807, 2.05) is 0 Å². The summed E-state index contributed by atoms with van der Waals surface area (Å²) in [6.45, 7) is 0. The molecule has 0 saturated heterocycles. The second-order valence-electron chi connectivity index (χ2n) is 5.34. The van der Waals surface area contributed by atoms with Crippen molar-refractivity contribution in [2.45, 2.75) is 4.90 Å². The molecule has 1 heterocycles. The van der Waals surface area contributed by atoms with Gasteiger partial charge in [-0.3, -0.25) is 4.55 Å². The Morgan fingerprint density at radius 1 is 0.885 bits per heavy atom. The number of hydrogen-bond donors (Lipinski definition) is 3. The highest BCUT2D eigenvalue weighted by molar-refractivity contribution is 7.85. The summed E-state index contributed by atoms with van der Waals surface area (Å²) in [5, 5.41) is 18.9. The number of fused-ring (bicyclic) bond motifs is 1. The van der Waals surface area contributed by atoms with E-state index in [9.17, 15) is 32.8 Å². The summed E-state index contributed by atoms with van der Waals surface area (Å²) in [7, 11) is -4.60. The molecule has 1 aromatic heterocycles. The lowest BCUT2D eigenvalue weighted by Gasteiger charge is -2.12. The quantitative estimate of drug-likeness (QED) is 0.592. The Morgan fingerprint density at radius 2 is 1.50 bits per heavy atom. The van der Waals surface area contributed by atoms with Gasteiger partial charge in [0.25, 0.3) is 10.1 Å². The molecule has 2 aromatic carbocycles. The molecule has 0 aliphatic rings. The lowest BCUT2D eigenvalue weighted by atomic mass is 9.96. The second-order valence-corrected chi connectivity index (χ2v) is 6.76. The average molecular weight is 373 g/mol. The molecule has 3 N–H and O–H groups in total. The van der Waals surface area contributed by atoms with Gasteiger partial charge in [0, 0.05) is 10.9 Å². The maximum atomic E-state index is 11.8. The van der Waals surface area contributed by atoms with Crippen molar-refractivity contribution in [1.29, 1.82) is 0 Å². The molecule has 0 aliphatic heterocycles. The summed E-state index contributed by atoms with van der Waals surface area (Å²) in [4.78, 5) is 27.2. The number of carboxylic acids is 2. The Kier molecular flexibility index (Phi) is 4.18. The maximum Gasteiger partial charge on any atom is 0.338 e. The number of pyridine rings is 1. The van der Waals surface area contributed by atoms with Gasteiger partial charge in [0.05, 0.1) is 21.7 Å². The minimum atomic E-state index is -4.60. The molecule has 0 spiro atoms. The van der Waals surface area contributed by atoms with Crippen LogP contribution in [0.15, 0.2) is 53.4 Å². The van der Waals surface area contributed by atoms with Crippen LogP contribution in [0.3, 0.4) is 0 Å². The number of aromatic nitrogens is 1. The first-order valence-electron chi connectivity index (χ1n) is 7.17. The monoisotopic (exact) mass is 373 g/mol. The van der Waals surface area contributed by atoms with E-state index in [4.69, 9.17) is 0 Å². The molecular formula is C17H11NO7S. The third kappa shape index (κ3) is 3.01. The zero-order valence-electron chi connectivity index (χ0n) is 12.9. The standard InChI is InChI=1S/C17H11NO7S/c19-16(20)13-11-8-10(26(23,24)25)6-7-12(11)18-15(14(13)17(21)22)9-4-2-1-3-5-9/h1-8H,(H,19,20)(H,21,22)(H,23,24,25). The molecule has 3 aromatic rings. The van der Waals surface area contributed by atoms with Crippen LogP contribution >= 0.6 is 0 Å². The van der Waals surface area contributed by atoms with Gasteiger partial charge in [-0.05, 0) is 18.2 Å². The van der Waals surface area contributed by atoms with Crippen molar-refractivity contribution in [2.75, 3.05) is 0 Å². The molecule has 8 nitrogen and oxygen atoms in total. The van der Waals surface area contributed by atoms with Gasteiger partial charge in [0.1, 0.15) is 5.56 Å². The topological polar surface area (TPSA) is 142 Å². The Labute approximate surface area is 147 Å². The van der Waals surface area contributed by atoms with Gasteiger partial charge in [0.15, 0.2) is 0 Å². The third-order valence-corrected chi connectivity index (χ3v) is 4.58. The first-order chi connectivity index (χ1) is 12.2. The highest BCUT2D eigenvalue weighted by atomic mass is 32.2. The lowest BCUT2D eigenvalue weighted by Crippen LogP contribution is -2.13. The van der Waals surface area contributed by atoms with E-state index < -0.39 is 38.1 Å². The van der Waals surface area contributed by atoms with Gasteiger partial charge in [-0.15, -0.1) is 0 Å². The fraction of sp³-hybridized carbons (Fsp3) is 0. The summed E-state index contributed by atoms with van der Waals surface area (Å²) >= 11 is 0. The van der Waals surface area contributed by atoms with Crippen molar-refractivity contribution in [3.05, 3.63) is 59.7 Å². The molecule has 0 fully saturated rings. The molecule has 9 heteroatoms. The lowest BCUT2D eigenvalue weighted by molar-refractivity contribution is 0.0653. The Bertz CT molecular complexity index is 1150. The molecule has 3 rings (SSSR count). The third-order valence-electron chi connectivity index (χ3n) is 3.73. The zero-order chi connectivity index (χ0) is 19.1. The molecule has 26 heavy (non-hydrogen) atoms. The smallest absolute Gasteiger partial charge is 0.338 e. The molecule has 0 aliphatic carbocycles. The van der Waals surface area contributed by atoms with Gasteiger partial charge in [-0.2, -0.15) is 8.42 Å². The molecule has 0 saturated carbocycles. The van der Waals surface area contributed by atoms with Crippen LogP contribution in [0.5, 0.6) is 0 Å². The number of carboxylic acid groups (broad SMARTS) is 2. The van der Waals surface area contributed by atoms with E-state index in [1.165, 1.54) is 6.07 Å². The van der Waals surface area contributed by atoms with E-state index >= 15 is 0 Å². The van der Waals surface area contributed by atoms with Gasteiger partial charge in [-0.25, -0.2) is 14.6 Å². The Morgan fingerprint density at radius 3 is 2.04 bits per heavy atom. The van der Waals surface area contributed by atoms with Crippen molar-refractivity contribution in [3.8, 4) is 11.3 Å². The Balaban J connectivity index is 2.51.